The van der Waals surface area contributed by atoms with Gasteiger partial charge in [-0.1, -0.05) is 57.2 Å². The van der Waals surface area contributed by atoms with Gasteiger partial charge in [0, 0.05) is 10.0 Å². The second-order valence-electron chi connectivity index (χ2n) is 3.28. The molecule has 3 nitrogen and oxygen atoms in total. The summed E-state index contributed by atoms with van der Waals surface area (Å²) in [4.78, 5) is 12.0. The summed E-state index contributed by atoms with van der Waals surface area (Å²) in [6, 6.07) is 7.44. The molecule has 0 radical (unpaired) electrons. The lowest BCUT2D eigenvalue weighted by Gasteiger charge is -2.01. The lowest BCUT2D eigenvalue weighted by Crippen LogP contribution is -2.02. The van der Waals surface area contributed by atoms with Crippen molar-refractivity contribution in [1.82, 2.24) is 10.2 Å². The number of benzene rings is 1. The lowest BCUT2D eigenvalue weighted by atomic mass is 10.1. The van der Waals surface area contributed by atoms with Crippen molar-refractivity contribution in [2.24, 2.45) is 0 Å². The number of carbonyl (C=O) groups excluding carboxylic acids is 1. The Bertz CT molecular complexity index is 542. The van der Waals surface area contributed by atoms with Crippen molar-refractivity contribution in [2.45, 2.75) is 11.3 Å². The number of ketones is 1. The normalized spacial score (nSPS) is 10.5. The fourth-order valence-electron chi connectivity index (χ4n) is 1.23. The molecule has 88 valence electrons. The molecular weight excluding hydrogens is 320 g/mol. The van der Waals surface area contributed by atoms with Gasteiger partial charge in [0.25, 0.3) is 0 Å². The Balaban J connectivity index is 2.01. The van der Waals surface area contributed by atoms with Gasteiger partial charge in [-0.25, -0.2) is 0 Å². The van der Waals surface area contributed by atoms with E-state index in [0.29, 0.717) is 11.3 Å². The number of hydrogen-bond acceptors (Lipinski definition) is 5. The SMILES string of the molecule is Cc1nnc(SCC(=O)c2ccccc2Br)s1. The van der Waals surface area contributed by atoms with Gasteiger partial charge in [-0.3, -0.25) is 4.79 Å². The van der Waals surface area contributed by atoms with E-state index in [2.05, 4.69) is 26.1 Å². The number of Topliss-reactive ketones (excluding diaryl/α,β-unsaturated/α-hetero) is 1. The Kier molecular flexibility index (Phi) is 4.31. The van der Waals surface area contributed by atoms with Gasteiger partial charge >= 0.3 is 0 Å². The second-order valence-corrected chi connectivity index (χ2v) is 6.54. The monoisotopic (exact) mass is 328 g/mol. The lowest BCUT2D eigenvalue weighted by molar-refractivity contribution is 0.102. The smallest absolute Gasteiger partial charge is 0.174 e. The van der Waals surface area contributed by atoms with Crippen molar-refractivity contribution in [2.75, 3.05) is 5.75 Å². The van der Waals surface area contributed by atoms with Crippen LogP contribution in [0.3, 0.4) is 0 Å². The van der Waals surface area contributed by atoms with Crippen LogP contribution >= 0.6 is 39.0 Å². The van der Waals surface area contributed by atoms with Crippen molar-refractivity contribution in [3.63, 3.8) is 0 Å². The second kappa shape index (κ2) is 5.75. The number of nitrogens with zero attached hydrogens (tertiary/aromatic N) is 2. The minimum atomic E-state index is 0.0929. The number of halogens is 1. The van der Waals surface area contributed by atoms with Gasteiger partial charge in [0.1, 0.15) is 5.01 Å². The molecule has 0 atom stereocenters. The number of aryl methyl sites for hydroxylation is 1. The fourth-order valence-corrected chi connectivity index (χ4v) is 3.43. The molecule has 6 heteroatoms. The quantitative estimate of drug-likeness (QED) is 0.635. The van der Waals surface area contributed by atoms with Gasteiger partial charge in [-0.05, 0) is 13.0 Å². The van der Waals surface area contributed by atoms with Crippen molar-refractivity contribution >= 4 is 44.8 Å². The number of rotatable bonds is 4. The topological polar surface area (TPSA) is 42.9 Å². The molecule has 0 spiro atoms. The van der Waals surface area contributed by atoms with Gasteiger partial charge in [0.15, 0.2) is 10.1 Å². The Morgan fingerprint density at radius 2 is 2.18 bits per heavy atom. The first-order chi connectivity index (χ1) is 8.16. The first kappa shape index (κ1) is 12.7. The molecule has 2 aromatic rings. The van der Waals surface area contributed by atoms with E-state index in [1.807, 2.05) is 31.2 Å². The summed E-state index contributed by atoms with van der Waals surface area (Å²) in [7, 11) is 0. The third-order valence-corrected chi connectivity index (χ3v) is 4.67. The Hall–Kier alpha value is -0.720. The predicted octanol–water partition coefficient (Wildman–Crippen LogP) is 3.58. The summed E-state index contributed by atoms with van der Waals surface area (Å²) in [5.41, 5.74) is 0.709. The summed E-state index contributed by atoms with van der Waals surface area (Å²) < 4.78 is 1.67. The van der Waals surface area contributed by atoms with Crippen LogP contribution in [0.1, 0.15) is 15.4 Å². The van der Waals surface area contributed by atoms with Crippen LogP contribution in [0.5, 0.6) is 0 Å². The zero-order chi connectivity index (χ0) is 12.3. The van der Waals surface area contributed by atoms with E-state index in [0.717, 1.165) is 13.8 Å². The standard InChI is InChI=1S/C11H9BrN2OS2/c1-7-13-14-11(17-7)16-6-10(15)8-4-2-3-5-9(8)12/h2-5H,6H2,1H3. The molecule has 0 aliphatic carbocycles. The highest BCUT2D eigenvalue weighted by Gasteiger charge is 2.11. The average molecular weight is 329 g/mol. The van der Waals surface area contributed by atoms with Gasteiger partial charge in [0.05, 0.1) is 5.75 Å². The Morgan fingerprint density at radius 3 is 2.82 bits per heavy atom. The highest BCUT2D eigenvalue weighted by atomic mass is 79.9. The average Bonchev–Trinajstić information content (AvgIpc) is 2.73. The molecule has 0 N–H and O–H groups in total. The number of aromatic nitrogens is 2. The van der Waals surface area contributed by atoms with Crippen LogP contribution < -0.4 is 0 Å². The molecule has 0 bridgehead atoms. The number of carbonyl (C=O) groups is 1. The van der Waals surface area contributed by atoms with Crippen LogP contribution in [-0.2, 0) is 0 Å². The number of hydrogen-bond donors (Lipinski definition) is 0. The Morgan fingerprint density at radius 1 is 1.41 bits per heavy atom. The molecule has 1 heterocycles. The summed E-state index contributed by atoms with van der Waals surface area (Å²) in [5, 5.41) is 8.80. The molecule has 0 fully saturated rings. The molecule has 1 aromatic heterocycles. The van der Waals surface area contributed by atoms with E-state index in [9.17, 15) is 4.79 Å². The van der Waals surface area contributed by atoms with Crippen LogP contribution in [0.4, 0.5) is 0 Å². The van der Waals surface area contributed by atoms with E-state index >= 15 is 0 Å². The highest BCUT2D eigenvalue weighted by molar-refractivity contribution is 9.10. The van der Waals surface area contributed by atoms with E-state index in [1.54, 1.807) is 0 Å². The van der Waals surface area contributed by atoms with Crippen molar-refractivity contribution < 1.29 is 4.79 Å². The van der Waals surface area contributed by atoms with Crippen LogP contribution in [0.15, 0.2) is 33.1 Å². The zero-order valence-electron chi connectivity index (χ0n) is 9.01. The molecule has 17 heavy (non-hydrogen) atoms. The van der Waals surface area contributed by atoms with Crippen molar-refractivity contribution in [3.8, 4) is 0 Å². The Labute approximate surface area is 116 Å². The zero-order valence-corrected chi connectivity index (χ0v) is 12.2. The molecule has 0 saturated heterocycles. The molecule has 0 aliphatic rings. The maximum atomic E-state index is 12.0. The molecule has 1 aromatic carbocycles. The van der Waals surface area contributed by atoms with Crippen molar-refractivity contribution in [1.29, 1.82) is 0 Å². The summed E-state index contributed by atoms with van der Waals surface area (Å²) in [6.45, 7) is 1.90. The summed E-state index contributed by atoms with van der Waals surface area (Å²) in [5.74, 6) is 0.479. The number of thioether (sulfide) groups is 1. The predicted molar refractivity (Wildman–Crippen MR) is 73.8 cm³/mol. The van der Waals surface area contributed by atoms with Gasteiger partial charge in [0.2, 0.25) is 0 Å². The minimum absolute atomic E-state index is 0.0929. The molecule has 0 amide bonds. The molecule has 2 rings (SSSR count). The largest absolute Gasteiger partial charge is 0.293 e. The molecule has 0 aliphatic heterocycles. The van der Waals surface area contributed by atoms with Crippen LogP contribution in [0.25, 0.3) is 0 Å². The molecule has 0 unspecified atom stereocenters. The van der Waals surface area contributed by atoms with E-state index in [-0.39, 0.29) is 5.78 Å². The third-order valence-electron chi connectivity index (χ3n) is 2.01. The van der Waals surface area contributed by atoms with Gasteiger partial charge in [-0.2, -0.15) is 0 Å². The fraction of sp³-hybridized carbons (Fsp3) is 0.182. The van der Waals surface area contributed by atoms with Crippen LogP contribution in [-0.4, -0.2) is 21.7 Å². The van der Waals surface area contributed by atoms with Gasteiger partial charge in [-0.15, -0.1) is 10.2 Å². The maximum absolute atomic E-state index is 12.0. The van der Waals surface area contributed by atoms with Crippen LogP contribution in [0.2, 0.25) is 0 Å². The highest BCUT2D eigenvalue weighted by Crippen LogP contribution is 2.24. The van der Waals surface area contributed by atoms with Gasteiger partial charge < -0.3 is 0 Å². The summed E-state index contributed by atoms with van der Waals surface area (Å²) in [6.07, 6.45) is 0. The molecule has 0 saturated carbocycles. The van der Waals surface area contributed by atoms with Crippen LogP contribution in [0, 0.1) is 6.92 Å². The summed E-state index contributed by atoms with van der Waals surface area (Å²) >= 11 is 6.31. The first-order valence-corrected chi connectivity index (χ1v) is 7.47. The molecular formula is C11H9BrN2OS2. The van der Waals surface area contributed by atoms with E-state index < -0.39 is 0 Å². The third kappa shape index (κ3) is 3.37. The van der Waals surface area contributed by atoms with Crippen molar-refractivity contribution in [3.05, 3.63) is 39.3 Å². The minimum Gasteiger partial charge on any atom is -0.293 e. The maximum Gasteiger partial charge on any atom is 0.174 e. The first-order valence-electron chi connectivity index (χ1n) is 4.87. The van der Waals surface area contributed by atoms with E-state index in [4.69, 9.17) is 0 Å². The van der Waals surface area contributed by atoms with E-state index in [1.165, 1.54) is 23.1 Å².